The number of carbonyl (C=O) groups excluding carboxylic acids is 4. The van der Waals surface area contributed by atoms with E-state index in [1.54, 1.807) is 0 Å². The Morgan fingerprint density at radius 3 is 1.31 bits per heavy atom. The zero-order valence-electron chi connectivity index (χ0n) is 36.4. The molecule has 0 saturated carbocycles. The molecule has 6 N–H and O–H groups in total. The first kappa shape index (κ1) is 43.4. The minimum Gasteiger partial charge on any atom is -0.351 e. The van der Waals surface area contributed by atoms with E-state index in [0.717, 1.165) is 83.8 Å². The van der Waals surface area contributed by atoms with Gasteiger partial charge in [0.15, 0.2) is 0 Å². The number of aromatic amines is 2. The molecular weight excluding hydrogens is 805 g/mol. The quantitative estimate of drug-likeness (QED) is 0.0813. The minimum atomic E-state index is -0.813. The van der Waals surface area contributed by atoms with Crippen molar-refractivity contribution in [3.8, 4) is 22.5 Å². The van der Waals surface area contributed by atoms with Crippen molar-refractivity contribution in [3.63, 3.8) is 0 Å². The molecule has 2 aliphatic heterocycles. The molecule has 2 fully saturated rings. The van der Waals surface area contributed by atoms with Crippen molar-refractivity contribution < 1.29 is 19.2 Å². The molecular formula is C50H56N10O4. The van der Waals surface area contributed by atoms with Crippen LogP contribution in [-0.2, 0) is 22.4 Å². The number of likely N-dealkylation sites (tertiary alicyclic amines) is 2. The third kappa shape index (κ3) is 9.12. The summed E-state index contributed by atoms with van der Waals surface area (Å²) < 4.78 is 0. The number of nitrogens with zero attached hydrogens (tertiary/aromatic N) is 6. The number of hydrogen-bond donors (Lipinski definition) is 4. The molecule has 4 aromatic carbocycles. The van der Waals surface area contributed by atoms with Gasteiger partial charge in [-0.05, 0) is 85.8 Å². The molecule has 0 bridgehead atoms. The average molecular weight is 861 g/mol. The molecule has 2 aliphatic rings. The molecule has 14 heteroatoms. The summed E-state index contributed by atoms with van der Waals surface area (Å²) in [6.07, 6.45) is 8.57. The predicted octanol–water partition coefficient (Wildman–Crippen LogP) is 7.86. The van der Waals surface area contributed by atoms with E-state index in [1.807, 2.05) is 96.7 Å². The smallest absolute Gasteiger partial charge is 0.315 e. The molecule has 2 aromatic heterocycles. The minimum absolute atomic E-state index is 0.163. The van der Waals surface area contributed by atoms with Gasteiger partial charge < -0.3 is 41.0 Å². The van der Waals surface area contributed by atoms with Crippen LogP contribution < -0.4 is 11.5 Å². The van der Waals surface area contributed by atoms with Gasteiger partial charge in [-0.3, -0.25) is 9.59 Å². The van der Waals surface area contributed by atoms with Crippen molar-refractivity contribution >= 4 is 23.9 Å². The van der Waals surface area contributed by atoms with Crippen LogP contribution in [-0.4, -0.2) is 89.6 Å². The average Bonchev–Trinajstić information content (AvgIpc) is 4.17. The van der Waals surface area contributed by atoms with Crippen LogP contribution in [0, 0.1) is 0 Å². The monoisotopic (exact) mass is 860 g/mol. The van der Waals surface area contributed by atoms with E-state index >= 15 is 0 Å². The van der Waals surface area contributed by atoms with Gasteiger partial charge in [-0.2, -0.15) is 0 Å². The molecule has 14 nitrogen and oxygen atoms in total. The van der Waals surface area contributed by atoms with Crippen LogP contribution in [0.25, 0.3) is 22.5 Å². The summed E-state index contributed by atoms with van der Waals surface area (Å²) in [4.78, 5) is 76.2. The van der Waals surface area contributed by atoms with Crippen LogP contribution in [0.15, 0.2) is 122 Å². The van der Waals surface area contributed by atoms with Crippen molar-refractivity contribution in [2.24, 2.45) is 11.5 Å². The Morgan fingerprint density at radius 1 is 0.594 bits per heavy atom. The third-order valence-electron chi connectivity index (χ3n) is 12.7. The Labute approximate surface area is 373 Å². The van der Waals surface area contributed by atoms with Gasteiger partial charge in [0.05, 0.1) is 35.9 Å². The number of likely N-dealkylation sites (N-methyl/N-ethyl adjacent to an activating group) is 2. The third-order valence-corrected chi connectivity index (χ3v) is 12.7. The number of rotatable bonds is 15. The number of urea groups is 2. The number of amides is 6. The Morgan fingerprint density at radius 2 is 0.969 bits per heavy atom. The van der Waals surface area contributed by atoms with Gasteiger partial charge in [-0.1, -0.05) is 109 Å². The number of carbonyl (C=O) groups is 4. The number of nitrogens with one attached hydrogen (secondary N) is 2. The van der Waals surface area contributed by atoms with E-state index in [2.05, 4.69) is 58.5 Å². The topological polar surface area (TPSA) is 191 Å². The summed E-state index contributed by atoms with van der Waals surface area (Å²) in [6, 6.07) is 32.2. The van der Waals surface area contributed by atoms with Gasteiger partial charge in [0.1, 0.15) is 23.7 Å². The Bertz CT molecular complexity index is 2360. The molecule has 0 radical (unpaired) electrons. The lowest BCUT2D eigenvalue weighted by atomic mass is 10.0. The normalized spacial score (nSPS) is 17.0. The summed E-state index contributed by atoms with van der Waals surface area (Å²) in [7, 11) is 0. The maximum Gasteiger partial charge on any atom is 0.315 e. The summed E-state index contributed by atoms with van der Waals surface area (Å²) in [5.41, 5.74) is 19.1. The zero-order chi connectivity index (χ0) is 44.7. The number of primary amides is 2. The summed E-state index contributed by atoms with van der Waals surface area (Å²) in [6.45, 7) is 5.41. The molecule has 4 atom stereocenters. The number of hydrogen-bond acceptors (Lipinski definition) is 6. The fourth-order valence-electron chi connectivity index (χ4n) is 9.35. The van der Waals surface area contributed by atoms with Crippen LogP contribution in [0.3, 0.4) is 0 Å². The van der Waals surface area contributed by atoms with Gasteiger partial charge >= 0.3 is 12.1 Å². The maximum absolute atomic E-state index is 14.2. The van der Waals surface area contributed by atoms with Crippen molar-refractivity contribution in [3.05, 3.63) is 155 Å². The van der Waals surface area contributed by atoms with Crippen molar-refractivity contribution in [2.75, 3.05) is 26.2 Å². The first-order chi connectivity index (χ1) is 31.1. The van der Waals surface area contributed by atoms with E-state index in [-0.39, 0.29) is 23.9 Å². The Hall–Kier alpha value is -7.22. The lowest BCUT2D eigenvalue weighted by Crippen LogP contribution is -2.47. The second kappa shape index (κ2) is 19.4. The molecule has 0 spiro atoms. The molecule has 8 rings (SSSR count). The maximum atomic E-state index is 14.2. The zero-order valence-corrected chi connectivity index (χ0v) is 36.4. The van der Waals surface area contributed by atoms with E-state index in [1.165, 1.54) is 20.9 Å². The lowest BCUT2D eigenvalue weighted by molar-refractivity contribution is -0.138. The van der Waals surface area contributed by atoms with E-state index in [4.69, 9.17) is 21.4 Å². The fraction of sp³-hybridized carbons (Fsp3) is 0.320. The second-order valence-corrected chi connectivity index (χ2v) is 16.5. The highest BCUT2D eigenvalue weighted by Crippen LogP contribution is 2.37. The standard InChI is InChI=1S/C50H56N10O4/c1-3-57(49(51)63)43(37-13-7-5-8-14-37)47(61)59-29-11-17-41(59)45-53-31-39(55-45)35-25-21-33(22-26-35)19-20-34-23-27-36(28-24-34)40-32-54-46(56-40)42-18-12-30-60(42)48(62)44(58(4-2)50(52)64)38-15-9-6-10-16-38/h5-10,13-16,21-28,31-32,41-44H,3-4,11-12,17-20,29-30H2,1-2H3,(H2,51,63)(H2,52,64)(H,53,55)(H,54,56)/t41?,42?,43-,44-/m1/s1. The van der Waals surface area contributed by atoms with Crippen LogP contribution in [0.5, 0.6) is 0 Å². The van der Waals surface area contributed by atoms with Gasteiger partial charge in [0, 0.05) is 26.2 Å². The largest absolute Gasteiger partial charge is 0.351 e. The van der Waals surface area contributed by atoms with Gasteiger partial charge in [0.25, 0.3) is 11.8 Å². The molecule has 330 valence electrons. The van der Waals surface area contributed by atoms with Crippen LogP contribution in [0.4, 0.5) is 9.59 Å². The predicted molar refractivity (Wildman–Crippen MR) is 245 cm³/mol. The number of aryl methyl sites for hydroxylation is 2. The van der Waals surface area contributed by atoms with Gasteiger partial charge in [-0.15, -0.1) is 0 Å². The van der Waals surface area contributed by atoms with Gasteiger partial charge in [0.2, 0.25) is 0 Å². The highest BCUT2D eigenvalue weighted by molar-refractivity contribution is 5.89. The summed E-state index contributed by atoms with van der Waals surface area (Å²) >= 11 is 0. The Kier molecular flexibility index (Phi) is 13.2. The SMILES string of the molecule is CCN(C(N)=O)[C@@H](C(=O)N1CCCC1c1ncc(-c2ccc(CCc3ccc(-c4cnc(C5CCCN5C(=O)[C@@H](c5ccccc5)N(CC)C(N)=O)[nH]4)cc3)cc2)[nH]1)c1ccccc1. The van der Waals surface area contributed by atoms with Crippen LogP contribution in [0.2, 0.25) is 0 Å². The number of benzene rings is 4. The first-order valence-electron chi connectivity index (χ1n) is 22.3. The highest BCUT2D eigenvalue weighted by Gasteiger charge is 2.41. The molecule has 2 saturated heterocycles. The van der Waals surface area contributed by atoms with E-state index < -0.39 is 24.1 Å². The molecule has 0 aliphatic carbocycles. The molecule has 6 amide bonds. The first-order valence-corrected chi connectivity index (χ1v) is 22.3. The number of aromatic nitrogens is 4. The fourth-order valence-corrected chi connectivity index (χ4v) is 9.35. The van der Waals surface area contributed by atoms with Gasteiger partial charge in [-0.25, -0.2) is 19.6 Å². The second-order valence-electron chi connectivity index (χ2n) is 16.5. The van der Waals surface area contributed by atoms with Crippen molar-refractivity contribution in [2.45, 2.75) is 76.5 Å². The van der Waals surface area contributed by atoms with E-state index in [9.17, 15) is 19.2 Å². The van der Waals surface area contributed by atoms with Crippen LogP contribution >= 0.6 is 0 Å². The van der Waals surface area contributed by atoms with Crippen LogP contribution in [0.1, 0.15) is 97.6 Å². The van der Waals surface area contributed by atoms with E-state index in [0.29, 0.717) is 26.2 Å². The summed E-state index contributed by atoms with van der Waals surface area (Å²) in [5, 5.41) is 0. The van der Waals surface area contributed by atoms with Crippen molar-refractivity contribution in [1.82, 2.24) is 39.5 Å². The molecule has 64 heavy (non-hydrogen) atoms. The number of nitrogens with two attached hydrogens (primary N) is 2. The molecule has 6 aromatic rings. The Balaban J connectivity index is 0.883. The lowest BCUT2D eigenvalue weighted by Gasteiger charge is -2.34. The molecule has 2 unspecified atom stereocenters. The molecule has 4 heterocycles. The number of imidazole rings is 2. The summed E-state index contributed by atoms with van der Waals surface area (Å²) in [5.74, 6) is 1.12. The van der Waals surface area contributed by atoms with Crippen molar-refractivity contribution in [1.29, 1.82) is 0 Å². The number of H-pyrrole nitrogens is 2. The highest BCUT2D eigenvalue weighted by atomic mass is 16.2.